The summed E-state index contributed by atoms with van der Waals surface area (Å²) < 4.78 is 10.7. The molecule has 1 aromatic carbocycles. The summed E-state index contributed by atoms with van der Waals surface area (Å²) in [7, 11) is 0. The SMILES string of the molecule is CCc1cc(=O)[nH]c(SCc2cc(Cl)c3c(c2)COCO3)n1. The van der Waals surface area contributed by atoms with E-state index in [1.54, 1.807) is 0 Å². The van der Waals surface area contributed by atoms with Crippen molar-refractivity contribution in [1.82, 2.24) is 9.97 Å². The molecule has 2 heterocycles. The van der Waals surface area contributed by atoms with Gasteiger partial charge in [-0.25, -0.2) is 4.98 Å². The van der Waals surface area contributed by atoms with Gasteiger partial charge in [0.2, 0.25) is 0 Å². The van der Waals surface area contributed by atoms with Gasteiger partial charge in [-0.15, -0.1) is 0 Å². The number of aryl methyl sites for hydroxylation is 1. The predicted molar refractivity (Wildman–Crippen MR) is 85.5 cm³/mol. The number of nitrogens with one attached hydrogen (secondary N) is 1. The average Bonchev–Trinajstić information content (AvgIpc) is 2.52. The lowest BCUT2D eigenvalue weighted by Crippen LogP contribution is -2.12. The fraction of sp³-hybridized carbons (Fsp3) is 0.333. The number of thioether (sulfide) groups is 1. The monoisotopic (exact) mass is 338 g/mol. The van der Waals surface area contributed by atoms with E-state index >= 15 is 0 Å². The molecule has 1 N–H and O–H groups in total. The molecule has 0 saturated carbocycles. The molecule has 0 fully saturated rings. The number of hydrogen-bond donors (Lipinski definition) is 1. The normalized spacial score (nSPS) is 13.5. The highest BCUT2D eigenvalue weighted by molar-refractivity contribution is 7.98. The third-order valence-corrected chi connectivity index (χ3v) is 4.46. The Morgan fingerprint density at radius 1 is 1.41 bits per heavy atom. The maximum Gasteiger partial charge on any atom is 0.251 e. The van der Waals surface area contributed by atoms with Crippen molar-refractivity contribution >= 4 is 23.4 Å². The van der Waals surface area contributed by atoms with E-state index in [1.807, 2.05) is 19.1 Å². The van der Waals surface area contributed by atoms with E-state index < -0.39 is 0 Å². The first-order valence-corrected chi connectivity index (χ1v) is 8.27. The Hall–Kier alpha value is -1.50. The van der Waals surface area contributed by atoms with Crippen LogP contribution in [0.25, 0.3) is 0 Å². The summed E-state index contributed by atoms with van der Waals surface area (Å²) in [6.07, 6.45) is 0.733. The number of hydrogen-bond acceptors (Lipinski definition) is 5. The molecule has 0 atom stereocenters. The maximum absolute atomic E-state index is 11.6. The molecule has 22 heavy (non-hydrogen) atoms. The molecule has 0 bridgehead atoms. The lowest BCUT2D eigenvalue weighted by molar-refractivity contribution is -0.0163. The van der Waals surface area contributed by atoms with Gasteiger partial charge in [0, 0.05) is 23.1 Å². The molecular formula is C15H15ClN2O3S. The molecule has 1 aliphatic heterocycles. The van der Waals surface area contributed by atoms with E-state index in [0.29, 0.717) is 28.3 Å². The third kappa shape index (κ3) is 3.45. The van der Waals surface area contributed by atoms with Crippen molar-refractivity contribution < 1.29 is 9.47 Å². The molecule has 3 rings (SSSR count). The molecule has 1 aromatic heterocycles. The molecule has 0 unspecified atom stereocenters. The van der Waals surface area contributed by atoms with Crippen LogP contribution in [0.1, 0.15) is 23.7 Å². The topological polar surface area (TPSA) is 64.2 Å². The molecular weight excluding hydrogens is 324 g/mol. The van der Waals surface area contributed by atoms with E-state index in [0.717, 1.165) is 23.2 Å². The van der Waals surface area contributed by atoms with Crippen LogP contribution in [0.3, 0.4) is 0 Å². The van der Waals surface area contributed by atoms with Gasteiger partial charge in [0.25, 0.3) is 5.56 Å². The van der Waals surface area contributed by atoms with Crippen molar-refractivity contribution in [3.63, 3.8) is 0 Å². The number of aromatic nitrogens is 2. The standard InChI is InChI=1S/C15H15ClN2O3S/c1-2-11-5-13(19)18-15(17-11)22-7-9-3-10-6-20-8-21-14(10)12(16)4-9/h3-5H,2,6-8H2,1H3,(H,17,18,19). The Labute approximate surface area is 137 Å². The van der Waals surface area contributed by atoms with E-state index in [2.05, 4.69) is 9.97 Å². The minimum atomic E-state index is -0.125. The van der Waals surface area contributed by atoms with Gasteiger partial charge in [-0.2, -0.15) is 0 Å². The van der Waals surface area contributed by atoms with Crippen molar-refractivity contribution in [2.24, 2.45) is 0 Å². The van der Waals surface area contributed by atoms with Crippen LogP contribution < -0.4 is 10.3 Å². The minimum Gasteiger partial charge on any atom is -0.466 e. The maximum atomic E-state index is 11.6. The summed E-state index contributed by atoms with van der Waals surface area (Å²) in [5.41, 5.74) is 2.64. The van der Waals surface area contributed by atoms with Crippen LogP contribution >= 0.6 is 23.4 Å². The van der Waals surface area contributed by atoms with Gasteiger partial charge in [0.05, 0.1) is 11.6 Å². The lowest BCUT2D eigenvalue weighted by Gasteiger charge is -2.19. The van der Waals surface area contributed by atoms with Crippen molar-refractivity contribution in [1.29, 1.82) is 0 Å². The van der Waals surface area contributed by atoms with Gasteiger partial charge in [0.1, 0.15) is 5.75 Å². The van der Waals surface area contributed by atoms with E-state index in [1.165, 1.54) is 17.8 Å². The van der Waals surface area contributed by atoms with Crippen LogP contribution in [0.5, 0.6) is 5.75 Å². The number of halogens is 1. The third-order valence-electron chi connectivity index (χ3n) is 3.24. The van der Waals surface area contributed by atoms with Gasteiger partial charge in [-0.1, -0.05) is 30.3 Å². The molecule has 116 valence electrons. The largest absolute Gasteiger partial charge is 0.466 e. The van der Waals surface area contributed by atoms with Crippen molar-refractivity contribution in [3.05, 3.63) is 50.4 Å². The van der Waals surface area contributed by atoms with Gasteiger partial charge in [-0.3, -0.25) is 4.79 Å². The average molecular weight is 339 g/mol. The Morgan fingerprint density at radius 3 is 3.09 bits per heavy atom. The fourth-order valence-corrected chi connectivity index (χ4v) is 3.34. The fourth-order valence-electron chi connectivity index (χ4n) is 2.20. The number of rotatable bonds is 4. The summed E-state index contributed by atoms with van der Waals surface area (Å²) in [5, 5.41) is 1.20. The van der Waals surface area contributed by atoms with Gasteiger partial charge in [-0.05, 0) is 24.1 Å². The minimum absolute atomic E-state index is 0.125. The second kappa shape index (κ2) is 6.73. The zero-order chi connectivity index (χ0) is 15.5. The summed E-state index contributed by atoms with van der Waals surface area (Å²) in [6, 6.07) is 5.41. The van der Waals surface area contributed by atoms with Crippen LogP contribution in [0.15, 0.2) is 28.2 Å². The smallest absolute Gasteiger partial charge is 0.251 e. The first-order valence-electron chi connectivity index (χ1n) is 6.90. The summed E-state index contributed by atoms with van der Waals surface area (Å²) in [4.78, 5) is 18.7. The summed E-state index contributed by atoms with van der Waals surface area (Å²) in [5.74, 6) is 1.35. The predicted octanol–water partition coefficient (Wildman–Crippen LogP) is 3.14. The second-order valence-corrected chi connectivity index (χ2v) is 6.23. The molecule has 0 amide bonds. The number of fused-ring (bicyclic) bond motifs is 1. The molecule has 7 heteroatoms. The molecule has 0 spiro atoms. The van der Waals surface area contributed by atoms with Gasteiger partial charge < -0.3 is 14.5 Å². The van der Waals surface area contributed by atoms with Crippen LogP contribution in [0, 0.1) is 0 Å². The van der Waals surface area contributed by atoms with E-state index in [9.17, 15) is 4.79 Å². The number of ether oxygens (including phenoxy) is 2. The highest BCUT2D eigenvalue weighted by Crippen LogP contribution is 2.34. The molecule has 0 saturated heterocycles. The van der Waals surface area contributed by atoms with Crippen LogP contribution in [0.4, 0.5) is 0 Å². The Balaban J connectivity index is 1.78. The summed E-state index contributed by atoms with van der Waals surface area (Å²) in [6.45, 7) is 2.70. The quantitative estimate of drug-likeness (QED) is 0.685. The van der Waals surface area contributed by atoms with Gasteiger partial charge >= 0.3 is 0 Å². The van der Waals surface area contributed by atoms with Gasteiger partial charge in [0.15, 0.2) is 11.9 Å². The van der Waals surface area contributed by atoms with E-state index in [4.69, 9.17) is 21.1 Å². The number of aromatic amines is 1. The number of nitrogens with zero attached hydrogens (tertiary/aromatic N) is 1. The number of benzene rings is 1. The van der Waals surface area contributed by atoms with Crippen LogP contribution in [-0.4, -0.2) is 16.8 Å². The summed E-state index contributed by atoms with van der Waals surface area (Å²) >= 11 is 7.71. The molecule has 1 aliphatic rings. The lowest BCUT2D eigenvalue weighted by atomic mass is 10.1. The molecule has 0 radical (unpaired) electrons. The zero-order valence-electron chi connectivity index (χ0n) is 12.0. The van der Waals surface area contributed by atoms with E-state index in [-0.39, 0.29) is 12.4 Å². The highest BCUT2D eigenvalue weighted by atomic mass is 35.5. The Bertz CT molecular complexity index is 748. The zero-order valence-corrected chi connectivity index (χ0v) is 13.6. The van der Waals surface area contributed by atoms with Crippen molar-refractivity contribution in [2.75, 3.05) is 6.79 Å². The number of H-pyrrole nitrogens is 1. The first-order chi connectivity index (χ1) is 10.7. The van der Waals surface area contributed by atoms with Crippen LogP contribution in [0.2, 0.25) is 5.02 Å². The Kier molecular flexibility index (Phi) is 4.71. The van der Waals surface area contributed by atoms with Crippen molar-refractivity contribution in [2.45, 2.75) is 30.9 Å². The van der Waals surface area contributed by atoms with Crippen molar-refractivity contribution in [3.8, 4) is 5.75 Å². The molecule has 0 aliphatic carbocycles. The molecule has 2 aromatic rings. The first kappa shape index (κ1) is 15.4. The molecule has 5 nitrogen and oxygen atoms in total. The highest BCUT2D eigenvalue weighted by Gasteiger charge is 2.15. The Morgan fingerprint density at radius 2 is 2.27 bits per heavy atom. The van der Waals surface area contributed by atoms with Crippen LogP contribution in [-0.2, 0) is 23.5 Å². The second-order valence-electron chi connectivity index (χ2n) is 4.86.